The number of imidazole rings is 1. The van der Waals surface area contributed by atoms with Crippen LogP contribution in [0, 0.1) is 0 Å². The Kier molecular flexibility index (Phi) is 14.5. The Hall–Kier alpha value is -1.45. The highest BCUT2D eigenvalue weighted by Crippen LogP contribution is 2.26. The average Bonchev–Trinajstić information content (AvgIpc) is 3.25. The predicted octanol–water partition coefficient (Wildman–Crippen LogP) is 11.2. The first-order chi connectivity index (χ1) is 17.8. The molecule has 0 aliphatic carbocycles. The van der Waals surface area contributed by atoms with Crippen LogP contribution >= 0.6 is 23.4 Å². The van der Waals surface area contributed by atoms with E-state index in [0.717, 1.165) is 22.8 Å². The van der Waals surface area contributed by atoms with Gasteiger partial charge in [0.2, 0.25) is 0 Å². The number of hydrogen-bond donors (Lipinski definition) is 0. The molecule has 2 nitrogen and oxygen atoms in total. The van der Waals surface area contributed by atoms with Gasteiger partial charge in [0.05, 0.1) is 16.8 Å². The monoisotopic (exact) mass is 526 g/mol. The smallest absolute Gasteiger partial charge is 0.120 e. The molecule has 0 saturated carbocycles. The molecule has 0 amide bonds. The van der Waals surface area contributed by atoms with Crippen molar-refractivity contribution in [2.24, 2.45) is 0 Å². The topological polar surface area (TPSA) is 17.8 Å². The van der Waals surface area contributed by atoms with Crippen molar-refractivity contribution in [3.8, 4) is 0 Å². The molecular formula is C32H47ClN2S. The molecule has 4 heteroatoms. The Morgan fingerprint density at radius 1 is 0.667 bits per heavy atom. The second-order valence-corrected chi connectivity index (χ2v) is 11.7. The molecule has 36 heavy (non-hydrogen) atoms. The van der Waals surface area contributed by atoms with Gasteiger partial charge in [0, 0.05) is 16.5 Å². The summed E-state index contributed by atoms with van der Waals surface area (Å²) in [5, 5.41) is 0.787. The molecule has 0 radical (unpaired) electrons. The predicted molar refractivity (Wildman–Crippen MR) is 160 cm³/mol. The van der Waals surface area contributed by atoms with Gasteiger partial charge in [-0.2, -0.15) is 0 Å². The van der Waals surface area contributed by atoms with E-state index in [0.29, 0.717) is 0 Å². The first-order valence-corrected chi connectivity index (χ1v) is 16.0. The maximum absolute atomic E-state index is 6.04. The van der Waals surface area contributed by atoms with Crippen LogP contribution in [0.2, 0.25) is 5.02 Å². The molecule has 1 heterocycles. The third-order valence-electron chi connectivity index (χ3n) is 7.15. The largest absolute Gasteiger partial charge is 0.327 e. The van der Waals surface area contributed by atoms with Crippen LogP contribution in [0.1, 0.15) is 115 Å². The minimum absolute atomic E-state index is 0.787. The fourth-order valence-corrected chi connectivity index (χ4v) is 5.95. The van der Waals surface area contributed by atoms with Crippen molar-refractivity contribution in [2.45, 2.75) is 127 Å². The molecule has 3 rings (SSSR count). The van der Waals surface area contributed by atoms with Crippen LogP contribution < -0.4 is 0 Å². The Morgan fingerprint density at radius 2 is 1.19 bits per heavy atom. The van der Waals surface area contributed by atoms with Crippen LogP contribution in [-0.2, 0) is 12.3 Å². The number of rotatable bonds is 20. The Morgan fingerprint density at radius 3 is 1.78 bits per heavy atom. The van der Waals surface area contributed by atoms with Crippen molar-refractivity contribution in [3.63, 3.8) is 0 Å². The molecule has 0 spiro atoms. The standard InChI is InChI=1S/C32H47ClN2S/c1-2-3-4-5-6-7-8-9-10-11-12-13-14-15-16-19-26-35-31-21-18-17-20-30(31)34-32(35)27-36-29-24-22-28(33)23-25-29/h17-18,20-25H,2-16,19,26-27H2,1H3. The van der Waals surface area contributed by atoms with Gasteiger partial charge in [-0.1, -0.05) is 127 Å². The van der Waals surface area contributed by atoms with Crippen molar-refractivity contribution in [3.05, 3.63) is 59.4 Å². The van der Waals surface area contributed by atoms with Gasteiger partial charge in [-0.15, -0.1) is 11.8 Å². The number of hydrogen-bond acceptors (Lipinski definition) is 2. The van der Waals surface area contributed by atoms with Crippen molar-refractivity contribution in [1.29, 1.82) is 0 Å². The number of fused-ring (bicyclic) bond motifs is 1. The van der Waals surface area contributed by atoms with Crippen molar-refractivity contribution >= 4 is 34.4 Å². The number of aromatic nitrogens is 2. The summed E-state index contributed by atoms with van der Waals surface area (Å²) >= 11 is 7.87. The highest BCUT2D eigenvalue weighted by Gasteiger charge is 2.10. The van der Waals surface area contributed by atoms with Crippen LogP contribution in [0.5, 0.6) is 0 Å². The van der Waals surface area contributed by atoms with E-state index in [1.54, 1.807) is 0 Å². The van der Waals surface area contributed by atoms with Crippen LogP contribution in [0.4, 0.5) is 0 Å². The summed E-state index contributed by atoms with van der Waals surface area (Å²) in [4.78, 5) is 6.19. The Labute approximate surface area is 229 Å². The van der Waals surface area contributed by atoms with Crippen molar-refractivity contribution < 1.29 is 0 Å². The number of thioether (sulfide) groups is 1. The van der Waals surface area contributed by atoms with Gasteiger partial charge in [-0.05, 0) is 42.8 Å². The minimum Gasteiger partial charge on any atom is -0.327 e. The summed E-state index contributed by atoms with van der Waals surface area (Å²) in [6, 6.07) is 16.7. The van der Waals surface area contributed by atoms with E-state index < -0.39 is 0 Å². The zero-order valence-electron chi connectivity index (χ0n) is 22.5. The molecule has 0 fully saturated rings. The SMILES string of the molecule is CCCCCCCCCCCCCCCCCCn1c(CSc2ccc(Cl)cc2)nc2ccccc21. The van der Waals surface area contributed by atoms with Crippen LogP contribution in [-0.4, -0.2) is 9.55 Å². The van der Waals surface area contributed by atoms with Crippen molar-refractivity contribution in [1.82, 2.24) is 9.55 Å². The summed E-state index contributed by atoms with van der Waals surface area (Å²) in [6.45, 7) is 3.36. The van der Waals surface area contributed by atoms with Gasteiger partial charge >= 0.3 is 0 Å². The molecule has 198 valence electrons. The average molecular weight is 527 g/mol. The number of halogens is 1. The van der Waals surface area contributed by atoms with Crippen LogP contribution in [0.25, 0.3) is 11.0 Å². The van der Waals surface area contributed by atoms with Gasteiger partial charge < -0.3 is 4.57 Å². The lowest BCUT2D eigenvalue weighted by Crippen LogP contribution is -2.03. The number of aryl methyl sites for hydroxylation is 1. The molecule has 0 aliphatic rings. The number of para-hydroxylation sites is 2. The van der Waals surface area contributed by atoms with E-state index in [-0.39, 0.29) is 0 Å². The van der Waals surface area contributed by atoms with Gasteiger partial charge in [0.25, 0.3) is 0 Å². The second-order valence-electron chi connectivity index (χ2n) is 10.2. The normalized spacial score (nSPS) is 11.5. The van der Waals surface area contributed by atoms with E-state index in [4.69, 9.17) is 16.6 Å². The summed E-state index contributed by atoms with van der Waals surface area (Å²) in [5.41, 5.74) is 2.38. The first kappa shape index (κ1) is 29.1. The lowest BCUT2D eigenvalue weighted by Gasteiger charge is -2.10. The maximum atomic E-state index is 6.04. The zero-order chi connectivity index (χ0) is 25.3. The minimum atomic E-state index is 0.787. The molecule has 0 unspecified atom stereocenters. The fourth-order valence-electron chi connectivity index (χ4n) is 4.98. The summed E-state index contributed by atoms with van der Waals surface area (Å²) in [7, 11) is 0. The first-order valence-electron chi connectivity index (χ1n) is 14.6. The molecule has 3 aromatic rings. The highest BCUT2D eigenvalue weighted by molar-refractivity contribution is 7.98. The molecule has 2 aromatic carbocycles. The summed E-state index contributed by atoms with van der Waals surface area (Å²) in [5.74, 6) is 2.06. The molecule has 0 aliphatic heterocycles. The number of nitrogens with zero attached hydrogens (tertiary/aromatic N) is 2. The van der Waals surface area contributed by atoms with Crippen molar-refractivity contribution in [2.75, 3.05) is 0 Å². The van der Waals surface area contributed by atoms with E-state index in [1.807, 2.05) is 23.9 Å². The quantitative estimate of drug-likeness (QED) is 0.107. The third kappa shape index (κ3) is 10.9. The maximum Gasteiger partial charge on any atom is 0.120 e. The van der Waals surface area contributed by atoms with E-state index in [1.165, 1.54) is 119 Å². The van der Waals surface area contributed by atoms with Gasteiger partial charge in [-0.25, -0.2) is 4.98 Å². The highest BCUT2D eigenvalue weighted by atomic mass is 35.5. The van der Waals surface area contributed by atoms with E-state index >= 15 is 0 Å². The van der Waals surface area contributed by atoms with Crippen LogP contribution in [0.15, 0.2) is 53.4 Å². The molecule has 0 saturated heterocycles. The summed E-state index contributed by atoms with van der Waals surface area (Å²) < 4.78 is 2.45. The molecule has 1 aromatic heterocycles. The van der Waals surface area contributed by atoms with E-state index in [2.05, 4.69) is 47.9 Å². The lowest BCUT2D eigenvalue weighted by molar-refractivity contribution is 0.521. The van der Waals surface area contributed by atoms with Gasteiger partial charge in [0.1, 0.15) is 5.82 Å². The zero-order valence-corrected chi connectivity index (χ0v) is 24.1. The van der Waals surface area contributed by atoms with Gasteiger partial charge in [0.15, 0.2) is 0 Å². The molecule has 0 bridgehead atoms. The van der Waals surface area contributed by atoms with E-state index in [9.17, 15) is 0 Å². The number of benzene rings is 2. The Bertz CT molecular complexity index is 966. The van der Waals surface area contributed by atoms with Gasteiger partial charge in [-0.3, -0.25) is 0 Å². The molecule has 0 N–H and O–H groups in total. The second kappa shape index (κ2) is 17.9. The molecule has 0 atom stereocenters. The van der Waals surface area contributed by atoms with Crippen LogP contribution in [0.3, 0.4) is 0 Å². The molecular weight excluding hydrogens is 480 g/mol. The lowest BCUT2D eigenvalue weighted by atomic mass is 10.0. The fraction of sp³-hybridized carbons (Fsp3) is 0.594. The summed E-state index contributed by atoms with van der Waals surface area (Å²) in [6.07, 6.45) is 22.5. The number of unbranched alkanes of at least 4 members (excludes halogenated alkanes) is 15. The Balaban J connectivity index is 1.27. The third-order valence-corrected chi connectivity index (χ3v) is 8.41.